The molecular formula is C10H10OS. The maximum atomic E-state index is 5.14. The van der Waals surface area contributed by atoms with E-state index in [4.69, 9.17) is 11.2 Å². The molecule has 0 amide bonds. The topological polar surface area (TPSA) is 9.23 Å². The molecule has 1 rings (SSSR count). The van der Waals surface area contributed by atoms with E-state index < -0.39 is 0 Å². The fourth-order valence-corrected chi connectivity index (χ4v) is 1.38. The van der Waals surface area contributed by atoms with Gasteiger partial charge in [0.05, 0.1) is 12.9 Å². The molecule has 0 atom stereocenters. The zero-order chi connectivity index (χ0) is 8.81. The second kappa shape index (κ2) is 4.74. The molecule has 1 nitrogen and oxygen atoms in total. The van der Waals surface area contributed by atoms with E-state index in [1.165, 1.54) is 4.90 Å². The molecule has 0 aliphatic heterocycles. The predicted octanol–water partition coefficient (Wildman–Crippen LogP) is 2.42. The first kappa shape index (κ1) is 9.02. The van der Waals surface area contributed by atoms with Crippen molar-refractivity contribution < 1.29 is 4.74 Å². The summed E-state index contributed by atoms with van der Waals surface area (Å²) in [7, 11) is 1.66. The average molecular weight is 178 g/mol. The third-order valence-corrected chi connectivity index (χ3v) is 2.30. The van der Waals surface area contributed by atoms with Crippen molar-refractivity contribution in [2.24, 2.45) is 0 Å². The van der Waals surface area contributed by atoms with Gasteiger partial charge in [-0.2, -0.15) is 0 Å². The quantitative estimate of drug-likeness (QED) is 0.519. The molecule has 0 radical (unpaired) electrons. The number of terminal acetylenes is 1. The molecular weight excluding hydrogens is 168 g/mol. The molecule has 0 saturated carbocycles. The molecule has 0 bridgehead atoms. The van der Waals surface area contributed by atoms with E-state index in [0.717, 1.165) is 5.75 Å². The molecule has 0 N–H and O–H groups in total. The Morgan fingerprint density at radius 1 is 1.42 bits per heavy atom. The molecule has 0 fully saturated rings. The highest BCUT2D eigenvalue weighted by Gasteiger charge is 1.92. The van der Waals surface area contributed by atoms with Crippen molar-refractivity contribution in [3.05, 3.63) is 24.3 Å². The van der Waals surface area contributed by atoms with Crippen molar-refractivity contribution in [3.8, 4) is 18.1 Å². The van der Waals surface area contributed by atoms with Crippen LogP contribution in [0, 0.1) is 12.3 Å². The Bertz CT molecular complexity index is 271. The van der Waals surface area contributed by atoms with Crippen LogP contribution >= 0.6 is 11.8 Å². The van der Waals surface area contributed by atoms with Crippen LogP contribution in [0.25, 0.3) is 0 Å². The van der Waals surface area contributed by atoms with Crippen LogP contribution in [0.1, 0.15) is 0 Å². The number of rotatable bonds is 3. The summed E-state index contributed by atoms with van der Waals surface area (Å²) in [5.74, 6) is 4.17. The van der Waals surface area contributed by atoms with Crippen molar-refractivity contribution in [1.29, 1.82) is 0 Å². The van der Waals surface area contributed by atoms with E-state index in [1.54, 1.807) is 18.9 Å². The Morgan fingerprint density at radius 2 is 2.08 bits per heavy atom. The molecule has 0 heterocycles. The van der Waals surface area contributed by atoms with Gasteiger partial charge >= 0.3 is 0 Å². The molecule has 0 aromatic heterocycles. The lowest BCUT2D eigenvalue weighted by Gasteiger charge is -2.00. The molecule has 12 heavy (non-hydrogen) atoms. The van der Waals surface area contributed by atoms with E-state index in [2.05, 4.69) is 5.92 Å². The first-order valence-electron chi connectivity index (χ1n) is 3.57. The third-order valence-electron chi connectivity index (χ3n) is 1.38. The fourth-order valence-electron chi connectivity index (χ4n) is 0.797. The number of benzene rings is 1. The van der Waals surface area contributed by atoms with Gasteiger partial charge in [-0.1, -0.05) is 5.92 Å². The van der Waals surface area contributed by atoms with E-state index in [1.807, 2.05) is 24.3 Å². The molecule has 62 valence electrons. The van der Waals surface area contributed by atoms with Gasteiger partial charge in [-0.15, -0.1) is 18.2 Å². The Hall–Kier alpha value is -1.07. The lowest BCUT2D eigenvalue weighted by molar-refractivity contribution is 0.414. The van der Waals surface area contributed by atoms with E-state index in [9.17, 15) is 0 Å². The highest BCUT2D eigenvalue weighted by molar-refractivity contribution is 7.99. The number of hydrogen-bond acceptors (Lipinski definition) is 2. The first-order chi connectivity index (χ1) is 5.86. The summed E-state index contributed by atoms with van der Waals surface area (Å²) >= 11 is 1.65. The molecule has 1 aromatic rings. The maximum Gasteiger partial charge on any atom is 0.118 e. The van der Waals surface area contributed by atoms with Crippen LogP contribution in [0.5, 0.6) is 5.75 Å². The van der Waals surface area contributed by atoms with E-state index in [-0.39, 0.29) is 0 Å². The third kappa shape index (κ3) is 2.52. The molecule has 0 unspecified atom stereocenters. The summed E-state index contributed by atoms with van der Waals surface area (Å²) in [6, 6.07) is 7.86. The molecule has 0 aliphatic rings. The molecule has 0 spiro atoms. The van der Waals surface area contributed by atoms with Crippen LogP contribution < -0.4 is 4.74 Å². The van der Waals surface area contributed by atoms with Gasteiger partial charge in [0.2, 0.25) is 0 Å². The predicted molar refractivity (Wildman–Crippen MR) is 52.6 cm³/mol. The Balaban J connectivity index is 2.60. The summed E-state index contributed by atoms with van der Waals surface area (Å²) < 4.78 is 5.02. The molecule has 0 aliphatic carbocycles. The van der Waals surface area contributed by atoms with Crippen LogP contribution in [0.15, 0.2) is 29.2 Å². The molecule has 2 heteroatoms. The van der Waals surface area contributed by atoms with Crippen LogP contribution in [0.4, 0.5) is 0 Å². The number of methoxy groups -OCH3 is 1. The molecule has 1 aromatic carbocycles. The van der Waals surface area contributed by atoms with Crippen LogP contribution in [-0.4, -0.2) is 12.9 Å². The van der Waals surface area contributed by atoms with Crippen molar-refractivity contribution >= 4 is 11.8 Å². The van der Waals surface area contributed by atoms with Crippen molar-refractivity contribution in [2.45, 2.75) is 4.90 Å². The molecule has 0 saturated heterocycles. The smallest absolute Gasteiger partial charge is 0.118 e. The minimum atomic E-state index is 0.715. The van der Waals surface area contributed by atoms with Gasteiger partial charge in [-0.25, -0.2) is 0 Å². The van der Waals surface area contributed by atoms with Crippen molar-refractivity contribution in [3.63, 3.8) is 0 Å². The van der Waals surface area contributed by atoms with Crippen LogP contribution in [0.3, 0.4) is 0 Å². The summed E-state index contributed by atoms with van der Waals surface area (Å²) in [6.45, 7) is 0. The Labute approximate surface area is 77.1 Å². The van der Waals surface area contributed by atoms with Gasteiger partial charge in [0.1, 0.15) is 5.75 Å². The SMILES string of the molecule is C#CCSc1ccc(OC)cc1. The Kier molecular flexibility index (Phi) is 3.56. The zero-order valence-corrected chi connectivity index (χ0v) is 7.73. The fraction of sp³-hybridized carbons (Fsp3) is 0.200. The van der Waals surface area contributed by atoms with Gasteiger partial charge in [0.25, 0.3) is 0 Å². The van der Waals surface area contributed by atoms with Gasteiger partial charge in [0.15, 0.2) is 0 Å². The highest BCUT2D eigenvalue weighted by Crippen LogP contribution is 2.20. The number of thioether (sulfide) groups is 1. The monoisotopic (exact) mass is 178 g/mol. The second-order valence-electron chi connectivity index (χ2n) is 2.17. The van der Waals surface area contributed by atoms with Crippen molar-refractivity contribution in [2.75, 3.05) is 12.9 Å². The summed E-state index contributed by atoms with van der Waals surface area (Å²) in [5, 5.41) is 0. The lowest BCUT2D eigenvalue weighted by atomic mass is 10.3. The normalized spacial score (nSPS) is 9.00. The first-order valence-corrected chi connectivity index (χ1v) is 4.55. The largest absolute Gasteiger partial charge is 0.497 e. The van der Waals surface area contributed by atoms with Gasteiger partial charge < -0.3 is 4.74 Å². The van der Waals surface area contributed by atoms with E-state index >= 15 is 0 Å². The van der Waals surface area contributed by atoms with E-state index in [0.29, 0.717) is 5.75 Å². The standard InChI is InChI=1S/C10H10OS/c1-3-8-12-10-6-4-9(11-2)5-7-10/h1,4-7H,8H2,2H3. The summed E-state index contributed by atoms with van der Waals surface area (Å²) in [6.07, 6.45) is 5.14. The minimum Gasteiger partial charge on any atom is -0.497 e. The van der Waals surface area contributed by atoms with Crippen LogP contribution in [0.2, 0.25) is 0 Å². The maximum absolute atomic E-state index is 5.14. The van der Waals surface area contributed by atoms with Gasteiger partial charge in [-0.3, -0.25) is 0 Å². The number of hydrogen-bond donors (Lipinski definition) is 0. The zero-order valence-electron chi connectivity index (χ0n) is 6.91. The number of ether oxygens (including phenoxy) is 1. The van der Waals surface area contributed by atoms with Gasteiger partial charge in [0, 0.05) is 4.90 Å². The van der Waals surface area contributed by atoms with Crippen molar-refractivity contribution in [1.82, 2.24) is 0 Å². The highest BCUT2D eigenvalue weighted by atomic mass is 32.2. The Morgan fingerprint density at radius 3 is 2.58 bits per heavy atom. The second-order valence-corrected chi connectivity index (χ2v) is 3.22. The minimum absolute atomic E-state index is 0.715. The lowest BCUT2D eigenvalue weighted by Crippen LogP contribution is -1.81. The van der Waals surface area contributed by atoms with Gasteiger partial charge in [-0.05, 0) is 24.3 Å². The summed E-state index contributed by atoms with van der Waals surface area (Å²) in [5.41, 5.74) is 0. The van der Waals surface area contributed by atoms with Crippen LogP contribution in [-0.2, 0) is 0 Å². The average Bonchev–Trinajstić information content (AvgIpc) is 2.15. The summed E-state index contributed by atoms with van der Waals surface area (Å²) in [4.78, 5) is 1.17.